The van der Waals surface area contributed by atoms with Gasteiger partial charge < -0.3 is 5.32 Å². The molecule has 1 aromatic rings. The summed E-state index contributed by atoms with van der Waals surface area (Å²) in [5, 5.41) is 3.34. The molecule has 2 aliphatic heterocycles. The molecular weight excluding hydrogens is 298 g/mol. The van der Waals surface area contributed by atoms with Gasteiger partial charge in [-0.3, -0.25) is 14.6 Å². The minimum Gasteiger partial charge on any atom is -0.352 e. The molecule has 2 heterocycles. The topological polar surface area (TPSA) is 35.6 Å². The van der Waals surface area contributed by atoms with Gasteiger partial charge in [0.05, 0.1) is 5.92 Å². The lowest BCUT2D eigenvalue weighted by molar-refractivity contribution is -0.127. The molecule has 0 aromatic heterocycles. The minimum absolute atomic E-state index is 0.164. The van der Waals surface area contributed by atoms with E-state index in [1.807, 2.05) is 0 Å². The second kappa shape index (κ2) is 7.24. The van der Waals surface area contributed by atoms with E-state index in [2.05, 4.69) is 45.4 Å². The smallest absolute Gasteiger partial charge is 0.224 e. The highest BCUT2D eigenvalue weighted by Gasteiger charge is 2.35. The van der Waals surface area contributed by atoms with E-state index in [0.29, 0.717) is 6.04 Å². The van der Waals surface area contributed by atoms with Crippen LogP contribution in [0.2, 0.25) is 0 Å². The molecule has 4 rings (SSSR count). The molecule has 3 fully saturated rings. The van der Waals surface area contributed by atoms with E-state index < -0.39 is 0 Å². The van der Waals surface area contributed by atoms with Crippen LogP contribution in [0.25, 0.3) is 0 Å². The van der Waals surface area contributed by atoms with Crippen molar-refractivity contribution in [2.24, 2.45) is 5.92 Å². The maximum absolute atomic E-state index is 12.7. The van der Waals surface area contributed by atoms with Crippen LogP contribution in [-0.2, 0) is 11.3 Å². The molecule has 0 radical (unpaired) electrons. The molecule has 0 bridgehead atoms. The van der Waals surface area contributed by atoms with Crippen molar-refractivity contribution in [1.82, 2.24) is 15.1 Å². The molecular formula is C20H29N3O. The summed E-state index contributed by atoms with van der Waals surface area (Å²) in [4.78, 5) is 17.7. The number of carbonyl (C=O) groups is 1. The summed E-state index contributed by atoms with van der Waals surface area (Å²) >= 11 is 0. The van der Waals surface area contributed by atoms with E-state index in [-0.39, 0.29) is 11.8 Å². The maximum atomic E-state index is 12.7. The van der Waals surface area contributed by atoms with Crippen LogP contribution >= 0.6 is 0 Å². The normalized spacial score (nSPS) is 28.8. The van der Waals surface area contributed by atoms with E-state index in [0.717, 1.165) is 51.5 Å². The van der Waals surface area contributed by atoms with Gasteiger partial charge in [0.1, 0.15) is 0 Å². The zero-order chi connectivity index (χ0) is 16.4. The van der Waals surface area contributed by atoms with Crippen molar-refractivity contribution in [3.8, 4) is 0 Å². The van der Waals surface area contributed by atoms with Crippen molar-refractivity contribution >= 4 is 5.91 Å². The van der Waals surface area contributed by atoms with Gasteiger partial charge in [0, 0.05) is 38.3 Å². The van der Waals surface area contributed by atoms with Gasteiger partial charge in [0.25, 0.3) is 0 Å². The zero-order valence-corrected chi connectivity index (χ0v) is 14.5. The predicted molar refractivity (Wildman–Crippen MR) is 95.6 cm³/mol. The molecule has 1 N–H and O–H groups in total. The Kier molecular flexibility index (Phi) is 4.86. The number of benzene rings is 1. The second-order valence-corrected chi connectivity index (χ2v) is 7.78. The molecule has 1 amide bonds. The Morgan fingerprint density at radius 2 is 1.88 bits per heavy atom. The Labute approximate surface area is 145 Å². The molecule has 2 atom stereocenters. The van der Waals surface area contributed by atoms with Gasteiger partial charge in [-0.25, -0.2) is 0 Å². The molecule has 0 spiro atoms. The van der Waals surface area contributed by atoms with Crippen LogP contribution in [-0.4, -0.2) is 54.0 Å². The van der Waals surface area contributed by atoms with E-state index in [4.69, 9.17) is 0 Å². The third-order valence-electron chi connectivity index (χ3n) is 5.75. The van der Waals surface area contributed by atoms with Crippen LogP contribution in [0.15, 0.2) is 30.3 Å². The van der Waals surface area contributed by atoms with Gasteiger partial charge in [-0.15, -0.1) is 0 Å². The second-order valence-electron chi connectivity index (χ2n) is 7.78. The van der Waals surface area contributed by atoms with Gasteiger partial charge in [0.2, 0.25) is 5.91 Å². The van der Waals surface area contributed by atoms with Crippen LogP contribution in [0.1, 0.15) is 37.7 Å². The summed E-state index contributed by atoms with van der Waals surface area (Å²) in [6.45, 7) is 5.21. The minimum atomic E-state index is 0.164. The van der Waals surface area contributed by atoms with Crippen molar-refractivity contribution in [3.05, 3.63) is 35.9 Å². The third-order valence-corrected chi connectivity index (χ3v) is 5.75. The molecule has 1 aliphatic carbocycles. The van der Waals surface area contributed by atoms with Crippen LogP contribution in [0, 0.1) is 5.92 Å². The fraction of sp³-hybridized carbons (Fsp3) is 0.650. The van der Waals surface area contributed by atoms with Gasteiger partial charge in [-0.2, -0.15) is 0 Å². The number of amides is 1. The molecule has 4 nitrogen and oxygen atoms in total. The number of nitrogens with one attached hydrogen (secondary N) is 1. The average Bonchev–Trinajstić information content (AvgIpc) is 3.36. The Hall–Kier alpha value is -1.39. The van der Waals surface area contributed by atoms with Gasteiger partial charge in [-0.05, 0) is 44.2 Å². The van der Waals surface area contributed by atoms with Crippen LogP contribution < -0.4 is 5.32 Å². The molecule has 3 aliphatic rings. The molecule has 2 saturated heterocycles. The SMILES string of the molecule is O=C(N[C@H]1CCN(C2CC2)C1)[C@@H]1CCCN(Cc2ccccc2)C1. The molecule has 24 heavy (non-hydrogen) atoms. The van der Waals surface area contributed by atoms with Gasteiger partial charge >= 0.3 is 0 Å². The highest BCUT2D eigenvalue weighted by Crippen LogP contribution is 2.30. The van der Waals surface area contributed by atoms with Crippen molar-refractivity contribution in [3.63, 3.8) is 0 Å². The lowest BCUT2D eigenvalue weighted by Gasteiger charge is -2.32. The van der Waals surface area contributed by atoms with Crippen LogP contribution in [0.4, 0.5) is 0 Å². The van der Waals surface area contributed by atoms with Gasteiger partial charge in [0.15, 0.2) is 0 Å². The number of carbonyl (C=O) groups excluding carboxylic acids is 1. The Morgan fingerprint density at radius 1 is 1.04 bits per heavy atom. The van der Waals surface area contributed by atoms with E-state index in [1.54, 1.807) is 0 Å². The predicted octanol–water partition coefficient (Wildman–Crippen LogP) is 2.25. The summed E-state index contributed by atoms with van der Waals surface area (Å²) in [5.74, 6) is 0.452. The van der Waals surface area contributed by atoms with E-state index in [1.165, 1.54) is 24.9 Å². The Balaban J connectivity index is 1.26. The lowest BCUT2D eigenvalue weighted by atomic mass is 9.96. The largest absolute Gasteiger partial charge is 0.352 e. The number of nitrogens with zero attached hydrogens (tertiary/aromatic N) is 2. The molecule has 1 aromatic carbocycles. The van der Waals surface area contributed by atoms with Crippen LogP contribution in [0.5, 0.6) is 0 Å². The standard InChI is InChI=1S/C20H29N3O/c24-20(21-18-10-12-23(15-18)19-8-9-19)17-7-4-11-22(14-17)13-16-5-2-1-3-6-16/h1-3,5-6,17-19H,4,7-15H2,(H,21,24)/t17-,18+/m1/s1. The first-order chi connectivity index (χ1) is 11.8. The maximum Gasteiger partial charge on any atom is 0.224 e. The first-order valence-corrected chi connectivity index (χ1v) is 9.58. The Morgan fingerprint density at radius 3 is 2.67 bits per heavy atom. The molecule has 130 valence electrons. The van der Waals surface area contributed by atoms with Crippen LogP contribution in [0.3, 0.4) is 0 Å². The summed E-state index contributed by atoms with van der Waals surface area (Å²) in [7, 11) is 0. The van der Waals surface area contributed by atoms with Crippen molar-refractivity contribution in [2.75, 3.05) is 26.2 Å². The third kappa shape index (κ3) is 3.98. The summed E-state index contributed by atoms with van der Waals surface area (Å²) in [5.41, 5.74) is 1.34. The fourth-order valence-corrected chi connectivity index (χ4v) is 4.25. The van der Waals surface area contributed by atoms with E-state index >= 15 is 0 Å². The highest BCUT2D eigenvalue weighted by molar-refractivity contribution is 5.79. The summed E-state index contributed by atoms with van der Waals surface area (Å²) in [6, 6.07) is 11.8. The zero-order valence-electron chi connectivity index (χ0n) is 14.5. The first-order valence-electron chi connectivity index (χ1n) is 9.58. The Bertz CT molecular complexity index is 557. The van der Waals surface area contributed by atoms with Crippen molar-refractivity contribution in [1.29, 1.82) is 0 Å². The van der Waals surface area contributed by atoms with Crippen molar-refractivity contribution < 1.29 is 4.79 Å². The van der Waals surface area contributed by atoms with E-state index in [9.17, 15) is 4.79 Å². The fourth-order valence-electron chi connectivity index (χ4n) is 4.25. The number of hydrogen-bond donors (Lipinski definition) is 1. The summed E-state index contributed by atoms with van der Waals surface area (Å²) < 4.78 is 0. The molecule has 1 saturated carbocycles. The molecule has 0 unspecified atom stereocenters. The highest BCUT2D eigenvalue weighted by atomic mass is 16.2. The molecule has 4 heteroatoms. The van der Waals surface area contributed by atoms with Crippen molar-refractivity contribution in [2.45, 2.75) is 50.7 Å². The summed E-state index contributed by atoms with van der Waals surface area (Å²) in [6.07, 6.45) is 6.01. The average molecular weight is 327 g/mol. The quantitative estimate of drug-likeness (QED) is 0.901. The number of likely N-dealkylation sites (tertiary alicyclic amines) is 2. The first kappa shape index (κ1) is 16.1. The monoisotopic (exact) mass is 327 g/mol. The number of hydrogen-bond acceptors (Lipinski definition) is 3. The van der Waals surface area contributed by atoms with Gasteiger partial charge in [-0.1, -0.05) is 30.3 Å². The lowest BCUT2D eigenvalue weighted by Crippen LogP contribution is -2.46. The number of rotatable bonds is 5. The number of piperidine rings is 1.